The summed E-state index contributed by atoms with van der Waals surface area (Å²) in [5, 5.41) is 27.1. The van der Waals surface area contributed by atoms with Crippen LogP contribution in [0.5, 0.6) is 0 Å². The minimum absolute atomic E-state index is 0.0119. The molecular formula is C16H17N5O2. The lowest BCUT2D eigenvalue weighted by molar-refractivity contribution is 0.0438. The minimum atomic E-state index is -0.670. The van der Waals surface area contributed by atoms with E-state index in [1.54, 1.807) is 23.1 Å². The summed E-state index contributed by atoms with van der Waals surface area (Å²) in [4.78, 5) is 8.39. The highest BCUT2D eigenvalue weighted by atomic mass is 16.3. The molecule has 3 atom stereocenters. The normalized spacial score (nSPS) is 24.2. The highest BCUT2D eigenvalue weighted by Crippen LogP contribution is 2.24. The topological polar surface area (TPSA) is 95.6 Å². The number of hydrogen-bond acceptors (Lipinski definition) is 6. The molecule has 0 saturated heterocycles. The summed E-state index contributed by atoms with van der Waals surface area (Å²) in [6.45, 7) is 0. The second-order valence-electron chi connectivity index (χ2n) is 5.82. The number of fused-ring (bicyclic) bond motifs is 1. The number of imidazole rings is 1. The van der Waals surface area contributed by atoms with E-state index >= 15 is 0 Å². The van der Waals surface area contributed by atoms with Crippen molar-refractivity contribution in [3.63, 3.8) is 0 Å². The maximum Gasteiger partial charge on any atom is 0.154 e. The van der Waals surface area contributed by atoms with E-state index < -0.39 is 12.2 Å². The lowest BCUT2D eigenvalue weighted by Crippen LogP contribution is -2.18. The van der Waals surface area contributed by atoms with Gasteiger partial charge in [0.25, 0.3) is 0 Å². The molecule has 1 saturated carbocycles. The summed E-state index contributed by atoms with van der Waals surface area (Å²) < 4.78 is 1.78. The Morgan fingerprint density at radius 2 is 1.78 bits per heavy atom. The van der Waals surface area contributed by atoms with Gasteiger partial charge in [0.1, 0.15) is 5.82 Å². The molecule has 0 aromatic carbocycles. The van der Waals surface area contributed by atoms with Crippen LogP contribution in [-0.2, 0) is 0 Å². The zero-order valence-electron chi connectivity index (χ0n) is 12.4. The molecule has 3 heterocycles. The molecule has 4 rings (SSSR count). The van der Waals surface area contributed by atoms with Crippen LogP contribution in [0.2, 0.25) is 0 Å². The largest absolute Gasteiger partial charge is 0.390 e. The zero-order valence-corrected chi connectivity index (χ0v) is 12.4. The van der Waals surface area contributed by atoms with E-state index in [1.807, 2.05) is 24.3 Å². The Hall–Kier alpha value is -2.51. The number of aliphatic hydroxyl groups excluding tert-OH is 2. The van der Waals surface area contributed by atoms with Gasteiger partial charge in [-0.05, 0) is 37.1 Å². The molecule has 1 unspecified atom stereocenters. The molecule has 1 fully saturated rings. The van der Waals surface area contributed by atoms with E-state index in [2.05, 4.69) is 20.4 Å². The third-order valence-electron chi connectivity index (χ3n) is 4.19. The molecule has 0 bridgehead atoms. The smallest absolute Gasteiger partial charge is 0.154 e. The van der Waals surface area contributed by atoms with Crippen molar-refractivity contribution >= 4 is 11.5 Å². The lowest BCUT2D eigenvalue weighted by Gasteiger charge is -2.13. The number of rotatable bonds is 3. The van der Waals surface area contributed by atoms with E-state index in [-0.39, 0.29) is 6.04 Å². The predicted octanol–water partition coefficient (Wildman–Crippen LogP) is 1.09. The van der Waals surface area contributed by atoms with Crippen LogP contribution in [-0.4, -0.2) is 48.0 Å². The quantitative estimate of drug-likeness (QED) is 0.670. The highest BCUT2D eigenvalue weighted by molar-refractivity contribution is 5.63. The van der Waals surface area contributed by atoms with Crippen molar-refractivity contribution in [1.29, 1.82) is 0 Å². The molecule has 3 N–H and O–H groups in total. The predicted molar refractivity (Wildman–Crippen MR) is 84.9 cm³/mol. The standard InChI is InChI=1S/C16H17N5O2/c22-13-7-11(8-14(13)23)19-15-1-2-16-18-9-12(21(16)20-15)10-3-5-17-6-4-10/h1-6,9,11,13-14,22-23H,7-8H2,(H,19,20)/t11?,13-,14+. The van der Waals surface area contributed by atoms with Crippen molar-refractivity contribution in [2.24, 2.45) is 0 Å². The minimum Gasteiger partial charge on any atom is -0.390 e. The average Bonchev–Trinajstić information content (AvgIpc) is 3.11. The van der Waals surface area contributed by atoms with Gasteiger partial charge >= 0.3 is 0 Å². The van der Waals surface area contributed by atoms with Gasteiger partial charge in [-0.2, -0.15) is 0 Å². The van der Waals surface area contributed by atoms with E-state index in [0.29, 0.717) is 18.7 Å². The van der Waals surface area contributed by atoms with Crippen LogP contribution < -0.4 is 5.32 Å². The molecule has 1 aliphatic carbocycles. The highest BCUT2D eigenvalue weighted by Gasteiger charge is 2.31. The number of nitrogens with zero attached hydrogens (tertiary/aromatic N) is 4. The van der Waals surface area contributed by atoms with E-state index in [0.717, 1.165) is 16.9 Å². The Morgan fingerprint density at radius 1 is 1.04 bits per heavy atom. The van der Waals surface area contributed by atoms with Crippen molar-refractivity contribution < 1.29 is 10.2 Å². The van der Waals surface area contributed by atoms with Crippen LogP contribution in [0.3, 0.4) is 0 Å². The van der Waals surface area contributed by atoms with Crippen LogP contribution in [0.25, 0.3) is 16.9 Å². The summed E-state index contributed by atoms with van der Waals surface area (Å²) >= 11 is 0. The number of anilines is 1. The molecule has 0 amide bonds. The molecule has 0 spiro atoms. The molecule has 3 aromatic rings. The molecule has 7 heteroatoms. The van der Waals surface area contributed by atoms with Crippen molar-refractivity contribution in [1.82, 2.24) is 19.6 Å². The fourth-order valence-corrected chi connectivity index (χ4v) is 2.99. The van der Waals surface area contributed by atoms with Crippen molar-refractivity contribution in [2.45, 2.75) is 31.1 Å². The molecule has 23 heavy (non-hydrogen) atoms. The summed E-state index contributed by atoms with van der Waals surface area (Å²) in [7, 11) is 0. The van der Waals surface area contributed by atoms with E-state index in [1.165, 1.54) is 0 Å². The van der Waals surface area contributed by atoms with Crippen LogP contribution in [0.4, 0.5) is 5.82 Å². The third kappa shape index (κ3) is 2.64. The third-order valence-corrected chi connectivity index (χ3v) is 4.19. The van der Waals surface area contributed by atoms with Gasteiger partial charge in [-0.15, -0.1) is 5.10 Å². The van der Waals surface area contributed by atoms with Crippen LogP contribution in [0, 0.1) is 0 Å². The molecule has 7 nitrogen and oxygen atoms in total. The van der Waals surface area contributed by atoms with E-state index in [9.17, 15) is 10.2 Å². The van der Waals surface area contributed by atoms with Crippen molar-refractivity contribution in [3.05, 3.63) is 42.9 Å². The van der Waals surface area contributed by atoms with Gasteiger partial charge in [0.15, 0.2) is 5.65 Å². The number of aromatic nitrogens is 4. The van der Waals surface area contributed by atoms with Gasteiger partial charge < -0.3 is 15.5 Å². The van der Waals surface area contributed by atoms with Gasteiger partial charge in [-0.3, -0.25) is 4.98 Å². The first-order valence-corrected chi connectivity index (χ1v) is 7.58. The first-order chi connectivity index (χ1) is 11.2. The molecule has 0 aliphatic heterocycles. The lowest BCUT2D eigenvalue weighted by atomic mass is 10.2. The number of nitrogens with one attached hydrogen (secondary N) is 1. The molecule has 0 radical (unpaired) electrons. The Kier molecular flexibility index (Phi) is 3.44. The van der Waals surface area contributed by atoms with Gasteiger partial charge in [0.2, 0.25) is 0 Å². The summed E-state index contributed by atoms with van der Waals surface area (Å²) in [5.74, 6) is 0.692. The second-order valence-corrected chi connectivity index (χ2v) is 5.82. The Morgan fingerprint density at radius 3 is 2.52 bits per heavy atom. The zero-order chi connectivity index (χ0) is 15.8. The molecule has 118 valence electrons. The number of pyridine rings is 1. The van der Waals surface area contributed by atoms with Crippen LogP contribution in [0.1, 0.15) is 12.8 Å². The van der Waals surface area contributed by atoms with Crippen LogP contribution >= 0.6 is 0 Å². The van der Waals surface area contributed by atoms with E-state index in [4.69, 9.17) is 0 Å². The molecule has 3 aromatic heterocycles. The number of aliphatic hydroxyl groups is 2. The maximum atomic E-state index is 9.65. The number of hydrogen-bond donors (Lipinski definition) is 3. The first kappa shape index (κ1) is 14.1. The maximum absolute atomic E-state index is 9.65. The fraction of sp³-hybridized carbons (Fsp3) is 0.312. The van der Waals surface area contributed by atoms with Gasteiger partial charge in [-0.1, -0.05) is 0 Å². The molecular weight excluding hydrogens is 294 g/mol. The fourth-order valence-electron chi connectivity index (χ4n) is 2.99. The van der Waals surface area contributed by atoms with Gasteiger partial charge in [0, 0.05) is 24.0 Å². The summed E-state index contributed by atoms with van der Waals surface area (Å²) in [6.07, 6.45) is 4.94. The summed E-state index contributed by atoms with van der Waals surface area (Å²) in [6, 6.07) is 7.58. The second kappa shape index (κ2) is 5.60. The van der Waals surface area contributed by atoms with Crippen molar-refractivity contribution in [3.8, 4) is 11.3 Å². The Labute approximate surface area is 132 Å². The van der Waals surface area contributed by atoms with Crippen molar-refractivity contribution in [2.75, 3.05) is 5.32 Å². The Bertz CT molecular complexity index is 810. The van der Waals surface area contributed by atoms with Gasteiger partial charge in [0.05, 0.1) is 24.1 Å². The molecule has 1 aliphatic rings. The first-order valence-electron chi connectivity index (χ1n) is 7.58. The average molecular weight is 311 g/mol. The SMILES string of the molecule is O[C@@H]1CC(Nc2ccc3ncc(-c4ccncc4)n3n2)C[C@@H]1O. The monoisotopic (exact) mass is 311 g/mol. The summed E-state index contributed by atoms with van der Waals surface area (Å²) in [5.41, 5.74) is 2.63. The van der Waals surface area contributed by atoms with Crippen LogP contribution in [0.15, 0.2) is 42.9 Å². The van der Waals surface area contributed by atoms with Gasteiger partial charge in [-0.25, -0.2) is 9.50 Å². The Balaban J connectivity index is 1.65.